The SMILES string of the molecule is [CH]c1cccc(OC(C)(C)C)c1. The third-order valence-corrected chi connectivity index (χ3v) is 1.28. The van der Waals surface area contributed by atoms with E-state index in [4.69, 9.17) is 11.7 Å². The highest BCUT2D eigenvalue weighted by Gasteiger charge is 2.10. The molecule has 0 aromatic heterocycles. The van der Waals surface area contributed by atoms with Crippen LogP contribution in [0, 0.1) is 6.92 Å². The van der Waals surface area contributed by atoms with Gasteiger partial charge in [0.1, 0.15) is 11.4 Å². The summed E-state index contributed by atoms with van der Waals surface area (Å²) in [5.41, 5.74) is 0.574. The van der Waals surface area contributed by atoms with Gasteiger partial charge < -0.3 is 4.74 Å². The van der Waals surface area contributed by atoms with E-state index in [1.54, 1.807) is 0 Å². The Bertz CT molecular complexity index is 258. The molecule has 0 unspecified atom stereocenters. The van der Waals surface area contributed by atoms with Gasteiger partial charge in [0.05, 0.1) is 0 Å². The van der Waals surface area contributed by atoms with E-state index in [0.717, 1.165) is 11.3 Å². The molecule has 1 nitrogen and oxygen atoms in total. The van der Waals surface area contributed by atoms with Crippen molar-refractivity contribution in [2.24, 2.45) is 0 Å². The summed E-state index contributed by atoms with van der Waals surface area (Å²) in [7, 11) is 0. The van der Waals surface area contributed by atoms with Gasteiger partial charge in [-0.15, -0.1) is 0 Å². The van der Waals surface area contributed by atoms with E-state index in [1.807, 2.05) is 45.0 Å². The van der Waals surface area contributed by atoms with Gasteiger partial charge in [0.2, 0.25) is 0 Å². The van der Waals surface area contributed by atoms with Crippen LogP contribution in [0.1, 0.15) is 26.3 Å². The molecule has 1 aromatic rings. The van der Waals surface area contributed by atoms with Gasteiger partial charge in [-0.2, -0.15) is 0 Å². The molecule has 2 radical (unpaired) electrons. The van der Waals surface area contributed by atoms with Gasteiger partial charge >= 0.3 is 0 Å². The zero-order valence-electron chi connectivity index (χ0n) is 7.79. The Morgan fingerprint density at radius 3 is 2.42 bits per heavy atom. The highest BCUT2D eigenvalue weighted by Crippen LogP contribution is 2.18. The van der Waals surface area contributed by atoms with Crippen LogP contribution in [0.5, 0.6) is 5.75 Å². The van der Waals surface area contributed by atoms with Gasteiger partial charge in [-0.3, -0.25) is 0 Å². The first-order chi connectivity index (χ1) is 5.47. The van der Waals surface area contributed by atoms with Crippen LogP contribution in [0.2, 0.25) is 0 Å². The molecule has 1 aromatic carbocycles. The number of ether oxygens (including phenoxy) is 1. The van der Waals surface area contributed by atoms with Crippen LogP contribution in [0.25, 0.3) is 0 Å². The van der Waals surface area contributed by atoms with Crippen molar-refractivity contribution in [1.29, 1.82) is 0 Å². The fourth-order valence-electron chi connectivity index (χ4n) is 0.932. The molecule has 0 atom stereocenters. The summed E-state index contributed by atoms with van der Waals surface area (Å²) in [6.45, 7) is 11.6. The van der Waals surface area contributed by atoms with Gasteiger partial charge in [-0.25, -0.2) is 0 Å². The lowest BCUT2D eigenvalue weighted by molar-refractivity contribution is 0.131. The minimum Gasteiger partial charge on any atom is -0.488 e. The van der Waals surface area contributed by atoms with Crippen LogP contribution in [0.4, 0.5) is 0 Å². The second-order valence-electron chi connectivity index (χ2n) is 3.79. The summed E-state index contributed by atoms with van der Waals surface area (Å²) >= 11 is 0. The van der Waals surface area contributed by atoms with Gasteiger partial charge in [-0.1, -0.05) is 12.1 Å². The number of hydrogen-bond donors (Lipinski definition) is 0. The predicted octanol–water partition coefficient (Wildman–Crippen LogP) is 2.92. The number of rotatable bonds is 1. The second-order valence-corrected chi connectivity index (χ2v) is 3.79. The fraction of sp³-hybridized carbons (Fsp3) is 0.364. The van der Waals surface area contributed by atoms with Crippen molar-refractivity contribution in [3.8, 4) is 5.75 Å². The summed E-state index contributed by atoms with van der Waals surface area (Å²) in [4.78, 5) is 0. The Hall–Kier alpha value is -0.980. The lowest BCUT2D eigenvalue weighted by atomic mass is 10.2. The van der Waals surface area contributed by atoms with E-state index in [0.29, 0.717) is 0 Å². The van der Waals surface area contributed by atoms with Crippen molar-refractivity contribution >= 4 is 0 Å². The molecule has 64 valence electrons. The Labute approximate surface area is 74.4 Å². The monoisotopic (exact) mass is 162 g/mol. The van der Waals surface area contributed by atoms with Crippen molar-refractivity contribution in [2.45, 2.75) is 26.4 Å². The molecular weight excluding hydrogens is 148 g/mol. The Balaban J connectivity index is 2.77. The molecule has 0 aliphatic heterocycles. The van der Waals surface area contributed by atoms with Crippen molar-refractivity contribution < 1.29 is 4.74 Å². The van der Waals surface area contributed by atoms with Crippen molar-refractivity contribution in [1.82, 2.24) is 0 Å². The summed E-state index contributed by atoms with van der Waals surface area (Å²) in [5.74, 6) is 0.822. The average molecular weight is 162 g/mol. The summed E-state index contributed by atoms with van der Waals surface area (Å²) in [5, 5.41) is 0. The van der Waals surface area contributed by atoms with Gasteiger partial charge in [-0.05, 0) is 45.4 Å². The largest absolute Gasteiger partial charge is 0.488 e. The first-order valence-corrected chi connectivity index (χ1v) is 4.02. The Morgan fingerprint density at radius 1 is 1.25 bits per heavy atom. The maximum Gasteiger partial charge on any atom is 0.120 e. The van der Waals surface area contributed by atoms with Crippen molar-refractivity contribution in [3.63, 3.8) is 0 Å². The van der Waals surface area contributed by atoms with Gasteiger partial charge in [0.15, 0.2) is 0 Å². The molecule has 0 aliphatic carbocycles. The first kappa shape index (κ1) is 9.11. The van der Waals surface area contributed by atoms with E-state index in [-0.39, 0.29) is 5.60 Å². The maximum absolute atomic E-state index is 5.60. The smallest absolute Gasteiger partial charge is 0.120 e. The molecule has 0 spiro atoms. The molecule has 0 N–H and O–H groups in total. The van der Waals surface area contributed by atoms with E-state index in [9.17, 15) is 0 Å². The molecule has 0 heterocycles. The summed E-state index contributed by atoms with van der Waals surface area (Å²) in [6, 6.07) is 7.46. The zero-order valence-corrected chi connectivity index (χ0v) is 7.79. The standard InChI is InChI=1S/C11H14O/c1-9-6-5-7-10(8-9)12-11(2,3)4/h1,5-8H,2-4H3. The van der Waals surface area contributed by atoms with Crippen LogP contribution < -0.4 is 4.74 Å². The lowest BCUT2D eigenvalue weighted by Crippen LogP contribution is -2.22. The van der Waals surface area contributed by atoms with Gasteiger partial charge in [0.25, 0.3) is 0 Å². The van der Waals surface area contributed by atoms with Crippen molar-refractivity contribution in [2.75, 3.05) is 0 Å². The van der Waals surface area contributed by atoms with Crippen LogP contribution >= 0.6 is 0 Å². The van der Waals surface area contributed by atoms with E-state index >= 15 is 0 Å². The number of hydrogen-bond acceptors (Lipinski definition) is 1. The highest BCUT2D eigenvalue weighted by molar-refractivity contribution is 5.30. The molecule has 0 saturated carbocycles. The van der Waals surface area contributed by atoms with E-state index < -0.39 is 0 Å². The van der Waals surface area contributed by atoms with Crippen LogP contribution in [-0.4, -0.2) is 5.60 Å². The molecule has 0 aliphatic rings. The van der Waals surface area contributed by atoms with E-state index in [2.05, 4.69) is 0 Å². The van der Waals surface area contributed by atoms with Crippen molar-refractivity contribution in [3.05, 3.63) is 36.8 Å². The zero-order chi connectivity index (χ0) is 9.19. The topological polar surface area (TPSA) is 9.23 Å². The minimum atomic E-state index is -0.159. The lowest BCUT2D eigenvalue weighted by Gasteiger charge is -2.21. The van der Waals surface area contributed by atoms with Crippen LogP contribution in [0.15, 0.2) is 24.3 Å². The molecule has 0 fully saturated rings. The first-order valence-electron chi connectivity index (χ1n) is 4.02. The van der Waals surface area contributed by atoms with E-state index in [1.165, 1.54) is 0 Å². The molecule has 0 amide bonds. The normalized spacial score (nSPS) is 11.3. The highest BCUT2D eigenvalue weighted by atomic mass is 16.5. The quantitative estimate of drug-likeness (QED) is 0.617. The molecule has 0 saturated heterocycles. The molecule has 1 rings (SSSR count). The minimum absolute atomic E-state index is 0.159. The fourth-order valence-corrected chi connectivity index (χ4v) is 0.932. The predicted molar refractivity (Wildman–Crippen MR) is 50.2 cm³/mol. The number of benzene rings is 1. The third-order valence-electron chi connectivity index (χ3n) is 1.28. The molecular formula is C11H14O. The van der Waals surface area contributed by atoms with Crippen LogP contribution in [-0.2, 0) is 0 Å². The molecule has 12 heavy (non-hydrogen) atoms. The average Bonchev–Trinajstić information content (AvgIpc) is 1.82. The Kier molecular flexibility index (Phi) is 2.41. The van der Waals surface area contributed by atoms with Crippen LogP contribution in [0.3, 0.4) is 0 Å². The molecule has 0 bridgehead atoms. The maximum atomic E-state index is 5.60. The Morgan fingerprint density at radius 2 is 1.92 bits per heavy atom. The summed E-state index contributed by atoms with van der Waals surface area (Å²) in [6.07, 6.45) is 0. The van der Waals surface area contributed by atoms with Gasteiger partial charge in [0, 0.05) is 0 Å². The summed E-state index contributed by atoms with van der Waals surface area (Å²) < 4.78 is 5.60. The third kappa shape index (κ3) is 2.95. The molecule has 1 heteroatoms. The second kappa shape index (κ2) is 3.18.